The lowest BCUT2D eigenvalue weighted by atomic mass is 10.2. The van der Waals surface area contributed by atoms with Crippen LogP contribution in [0.15, 0.2) is 24.3 Å². The molecule has 6 heteroatoms. The Hall–Kier alpha value is -1.40. The number of hydrogen-bond acceptors (Lipinski definition) is 3. The van der Waals surface area contributed by atoms with E-state index in [0.29, 0.717) is 0 Å². The summed E-state index contributed by atoms with van der Waals surface area (Å²) in [7, 11) is 0. The van der Waals surface area contributed by atoms with Crippen LogP contribution in [0, 0.1) is 0 Å². The molecular weight excluding hydrogens is 196 g/mol. The molecule has 1 aromatic rings. The molecule has 5 nitrogen and oxygen atoms in total. The molecular formula is C7H6O5S. The second-order valence-corrected chi connectivity index (χ2v) is 2.73. The summed E-state index contributed by atoms with van der Waals surface area (Å²) in [4.78, 5) is 10.4. The van der Waals surface area contributed by atoms with Gasteiger partial charge in [0.1, 0.15) is 5.75 Å². The van der Waals surface area contributed by atoms with Gasteiger partial charge in [0.25, 0.3) is 0 Å². The molecule has 70 valence electrons. The van der Waals surface area contributed by atoms with Crippen LogP contribution in [-0.4, -0.2) is 19.8 Å². The Kier molecular flexibility index (Phi) is 2.99. The van der Waals surface area contributed by atoms with Crippen LogP contribution >= 0.6 is 0 Å². The lowest BCUT2D eigenvalue weighted by Crippen LogP contribution is -1.99. The van der Waals surface area contributed by atoms with Gasteiger partial charge in [0, 0.05) is 0 Å². The van der Waals surface area contributed by atoms with Gasteiger partial charge in [-0.3, -0.25) is 4.55 Å². The highest BCUT2D eigenvalue weighted by atomic mass is 32.2. The van der Waals surface area contributed by atoms with Crippen LogP contribution in [0.5, 0.6) is 5.75 Å². The van der Waals surface area contributed by atoms with Crippen molar-refractivity contribution in [3.8, 4) is 5.75 Å². The van der Waals surface area contributed by atoms with Crippen molar-refractivity contribution in [2.45, 2.75) is 0 Å². The van der Waals surface area contributed by atoms with Crippen molar-refractivity contribution in [3.05, 3.63) is 29.8 Å². The van der Waals surface area contributed by atoms with Crippen LogP contribution in [0.25, 0.3) is 0 Å². The number of carboxylic acid groups (broad SMARTS) is 1. The number of carboxylic acids is 1. The standard InChI is InChI=1S/C7H6O5S/c8-7(9)5-1-3-6(4-2-5)12-13(10)11/h1-4H,(H,8,9)(H,10,11). The van der Waals surface area contributed by atoms with E-state index in [2.05, 4.69) is 4.18 Å². The molecule has 0 amide bonds. The van der Waals surface area contributed by atoms with Crippen molar-refractivity contribution in [2.75, 3.05) is 0 Å². The van der Waals surface area contributed by atoms with Gasteiger partial charge in [-0.25, -0.2) is 4.79 Å². The monoisotopic (exact) mass is 202 g/mol. The Labute approximate surface area is 76.5 Å². The molecule has 0 aliphatic rings. The molecule has 0 aliphatic carbocycles. The molecule has 0 saturated carbocycles. The van der Waals surface area contributed by atoms with Crippen molar-refractivity contribution in [1.29, 1.82) is 0 Å². The van der Waals surface area contributed by atoms with Gasteiger partial charge >= 0.3 is 17.3 Å². The molecule has 0 saturated heterocycles. The Balaban J connectivity index is 2.81. The Morgan fingerprint density at radius 3 is 2.23 bits per heavy atom. The quantitative estimate of drug-likeness (QED) is 0.711. The van der Waals surface area contributed by atoms with Crippen LogP contribution in [0.1, 0.15) is 10.4 Å². The third kappa shape index (κ3) is 2.85. The van der Waals surface area contributed by atoms with E-state index in [0.717, 1.165) is 0 Å². The molecule has 0 heterocycles. The van der Waals surface area contributed by atoms with Crippen LogP contribution in [0.3, 0.4) is 0 Å². The zero-order valence-corrected chi connectivity index (χ0v) is 7.15. The second kappa shape index (κ2) is 4.01. The van der Waals surface area contributed by atoms with Crippen molar-refractivity contribution in [2.24, 2.45) is 0 Å². The number of hydrogen-bond donors (Lipinski definition) is 2. The summed E-state index contributed by atoms with van der Waals surface area (Å²) in [6.07, 6.45) is 0. The van der Waals surface area contributed by atoms with Gasteiger partial charge in [-0.05, 0) is 24.3 Å². The van der Waals surface area contributed by atoms with Gasteiger partial charge in [0.15, 0.2) is 0 Å². The van der Waals surface area contributed by atoms with Crippen molar-refractivity contribution >= 4 is 17.3 Å². The summed E-state index contributed by atoms with van der Waals surface area (Å²) in [5.41, 5.74) is 0.0936. The highest BCUT2D eigenvalue weighted by Crippen LogP contribution is 2.12. The minimum Gasteiger partial charge on any atom is -0.478 e. The van der Waals surface area contributed by atoms with E-state index in [1.54, 1.807) is 0 Å². The van der Waals surface area contributed by atoms with Gasteiger partial charge < -0.3 is 9.29 Å². The first kappa shape index (κ1) is 9.69. The largest absolute Gasteiger partial charge is 0.478 e. The molecule has 1 rings (SSSR count). The third-order valence-electron chi connectivity index (χ3n) is 1.27. The minimum atomic E-state index is -2.38. The van der Waals surface area contributed by atoms with Gasteiger partial charge in [-0.2, -0.15) is 4.21 Å². The summed E-state index contributed by atoms with van der Waals surface area (Å²) < 4.78 is 22.9. The van der Waals surface area contributed by atoms with Gasteiger partial charge in [0.2, 0.25) is 0 Å². The lowest BCUT2D eigenvalue weighted by molar-refractivity contribution is 0.0697. The van der Waals surface area contributed by atoms with Crippen LogP contribution < -0.4 is 4.18 Å². The van der Waals surface area contributed by atoms with E-state index in [-0.39, 0.29) is 11.3 Å². The second-order valence-electron chi connectivity index (χ2n) is 2.13. The molecule has 0 radical (unpaired) electrons. The Bertz CT molecular complexity index is 331. The highest BCUT2D eigenvalue weighted by Gasteiger charge is 2.03. The first-order valence-electron chi connectivity index (χ1n) is 3.22. The maximum absolute atomic E-state index is 10.4. The van der Waals surface area contributed by atoms with E-state index in [1.807, 2.05) is 0 Å². The van der Waals surface area contributed by atoms with Crippen molar-refractivity contribution in [3.63, 3.8) is 0 Å². The summed E-state index contributed by atoms with van der Waals surface area (Å²) in [5.74, 6) is -0.914. The van der Waals surface area contributed by atoms with Crippen LogP contribution in [0.4, 0.5) is 0 Å². The predicted octanol–water partition coefficient (Wildman–Crippen LogP) is 0.900. The molecule has 0 spiro atoms. The smallest absolute Gasteiger partial charge is 0.357 e. The van der Waals surface area contributed by atoms with E-state index < -0.39 is 17.3 Å². The summed E-state index contributed by atoms with van der Waals surface area (Å²) >= 11 is -2.38. The zero-order chi connectivity index (χ0) is 9.84. The minimum absolute atomic E-state index is 0.0936. The van der Waals surface area contributed by atoms with Gasteiger partial charge in [-0.15, -0.1) is 0 Å². The summed E-state index contributed by atoms with van der Waals surface area (Å²) in [6.45, 7) is 0. The first-order valence-corrected chi connectivity index (χ1v) is 4.25. The Morgan fingerprint density at radius 1 is 1.31 bits per heavy atom. The maximum atomic E-state index is 10.4. The molecule has 1 aromatic carbocycles. The molecule has 0 fully saturated rings. The van der Waals surface area contributed by atoms with E-state index in [1.165, 1.54) is 24.3 Å². The normalized spacial score (nSPS) is 12.1. The molecule has 0 bridgehead atoms. The molecule has 0 aromatic heterocycles. The number of aromatic carboxylic acids is 1. The topological polar surface area (TPSA) is 83.8 Å². The average Bonchev–Trinajstić information content (AvgIpc) is 2.04. The molecule has 1 atom stereocenters. The SMILES string of the molecule is O=C(O)c1ccc(OS(=O)O)cc1. The van der Waals surface area contributed by atoms with E-state index in [4.69, 9.17) is 9.66 Å². The number of benzene rings is 1. The van der Waals surface area contributed by atoms with Crippen LogP contribution in [0.2, 0.25) is 0 Å². The van der Waals surface area contributed by atoms with Crippen LogP contribution in [-0.2, 0) is 11.4 Å². The summed E-state index contributed by atoms with van der Waals surface area (Å²) in [5, 5.41) is 8.51. The fourth-order valence-electron chi connectivity index (χ4n) is 0.735. The fourth-order valence-corrected chi connectivity index (χ4v) is 1.01. The Morgan fingerprint density at radius 2 is 1.85 bits per heavy atom. The molecule has 13 heavy (non-hydrogen) atoms. The third-order valence-corrected chi connectivity index (χ3v) is 1.60. The lowest BCUT2D eigenvalue weighted by Gasteiger charge is -1.99. The number of rotatable bonds is 3. The molecule has 1 unspecified atom stereocenters. The van der Waals surface area contributed by atoms with E-state index in [9.17, 15) is 9.00 Å². The fraction of sp³-hybridized carbons (Fsp3) is 0. The number of carbonyl (C=O) groups is 1. The van der Waals surface area contributed by atoms with Gasteiger partial charge in [0.05, 0.1) is 5.56 Å². The zero-order valence-electron chi connectivity index (χ0n) is 6.34. The van der Waals surface area contributed by atoms with Crippen molar-refractivity contribution in [1.82, 2.24) is 0 Å². The maximum Gasteiger partial charge on any atom is 0.357 e. The first-order chi connectivity index (χ1) is 6.09. The predicted molar refractivity (Wildman–Crippen MR) is 44.8 cm³/mol. The average molecular weight is 202 g/mol. The van der Waals surface area contributed by atoms with Crippen molar-refractivity contribution < 1.29 is 22.8 Å². The van der Waals surface area contributed by atoms with E-state index >= 15 is 0 Å². The highest BCUT2D eigenvalue weighted by molar-refractivity contribution is 7.74. The molecule has 0 aliphatic heterocycles. The van der Waals surface area contributed by atoms with Gasteiger partial charge in [-0.1, -0.05) is 0 Å². The molecule has 2 N–H and O–H groups in total. The summed E-state index contributed by atoms with van der Waals surface area (Å²) in [6, 6.07) is 5.17.